The van der Waals surface area contributed by atoms with Crippen LogP contribution in [0, 0.1) is 0 Å². The summed E-state index contributed by atoms with van der Waals surface area (Å²) in [5.74, 6) is 3.79. The van der Waals surface area contributed by atoms with Crippen LogP contribution in [-0.4, -0.2) is 42.6 Å². The summed E-state index contributed by atoms with van der Waals surface area (Å²) in [6, 6.07) is 2.70. The molecular formula is C9H11N5O4S. The van der Waals surface area contributed by atoms with Crippen molar-refractivity contribution < 1.29 is 18.0 Å². The van der Waals surface area contributed by atoms with Crippen molar-refractivity contribution in [3.63, 3.8) is 0 Å². The number of hydrogen-bond donors (Lipinski definition) is 3. The molecule has 1 saturated heterocycles. The van der Waals surface area contributed by atoms with E-state index in [2.05, 4.69) is 10.4 Å². The molecule has 10 heteroatoms. The molecule has 9 nitrogen and oxygen atoms in total. The summed E-state index contributed by atoms with van der Waals surface area (Å²) < 4.78 is 25.4. The lowest BCUT2D eigenvalue weighted by molar-refractivity contribution is -0.134. The predicted octanol–water partition coefficient (Wildman–Crippen LogP) is -1.99. The summed E-state index contributed by atoms with van der Waals surface area (Å²) in [7, 11) is -4.02. The molecule has 0 bridgehead atoms. The second-order valence-corrected chi connectivity index (χ2v) is 5.65. The van der Waals surface area contributed by atoms with Crippen LogP contribution in [-0.2, 0) is 19.6 Å². The third kappa shape index (κ3) is 2.54. The van der Waals surface area contributed by atoms with Crippen LogP contribution >= 0.6 is 0 Å². The number of pyridine rings is 1. The monoisotopic (exact) mass is 285 g/mol. The van der Waals surface area contributed by atoms with Crippen LogP contribution < -0.4 is 16.6 Å². The highest BCUT2D eigenvalue weighted by molar-refractivity contribution is 7.89. The number of amides is 2. The van der Waals surface area contributed by atoms with E-state index in [1.54, 1.807) is 0 Å². The van der Waals surface area contributed by atoms with Gasteiger partial charge in [0.15, 0.2) is 5.82 Å². The summed E-state index contributed by atoms with van der Waals surface area (Å²) in [6.07, 6.45) is 1.36. The molecule has 1 aromatic rings. The lowest BCUT2D eigenvalue weighted by Crippen LogP contribution is -2.53. The first kappa shape index (κ1) is 13.4. The number of carbonyl (C=O) groups excluding carboxylic acids is 2. The molecule has 102 valence electrons. The number of nitrogens with two attached hydrogens (primary N) is 1. The number of carbonyl (C=O) groups is 2. The lowest BCUT2D eigenvalue weighted by atomic mass is 10.4. The van der Waals surface area contributed by atoms with Crippen molar-refractivity contribution >= 4 is 27.7 Å². The van der Waals surface area contributed by atoms with Crippen LogP contribution in [0.5, 0.6) is 0 Å². The summed E-state index contributed by atoms with van der Waals surface area (Å²) in [5.41, 5.74) is 2.16. The lowest BCUT2D eigenvalue weighted by Gasteiger charge is -2.25. The number of nitrogens with zero attached hydrogens (tertiary/aromatic N) is 2. The number of piperazine rings is 1. The van der Waals surface area contributed by atoms with Gasteiger partial charge in [-0.15, -0.1) is 0 Å². The van der Waals surface area contributed by atoms with Crippen molar-refractivity contribution in [3.8, 4) is 0 Å². The normalized spacial score (nSPS) is 17.1. The number of hydrogen-bond acceptors (Lipinski definition) is 7. The van der Waals surface area contributed by atoms with E-state index in [4.69, 9.17) is 5.84 Å². The molecule has 1 aliphatic heterocycles. The predicted molar refractivity (Wildman–Crippen MR) is 64.0 cm³/mol. The Labute approximate surface area is 108 Å². The van der Waals surface area contributed by atoms with E-state index in [0.29, 0.717) is 0 Å². The first-order valence-electron chi connectivity index (χ1n) is 5.19. The summed E-state index contributed by atoms with van der Waals surface area (Å²) >= 11 is 0. The smallest absolute Gasteiger partial charge is 0.247 e. The molecular weight excluding hydrogens is 274 g/mol. The van der Waals surface area contributed by atoms with Gasteiger partial charge in [-0.05, 0) is 12.1 Å². The Morgan fingerprint density at radius 2 is 1.95 bits per heavy atom. The van der Waals surface area contributed by atoms with Gasteiger partial charge in [0.25, 0.3) is 0 Å². The van der Waals surface area contributed by atoms with Crippen LogP contribution in [0.4, 0.5) is 5.82 Å². The van der Waals surface area contributed by atoms with E-state index in [0.717, 1.165) is 4.31 Å². The highest BCUT2D eigenvalue weighted by atomic mass is 32.2. The van der Waals surface area contributed by atoms with Crippen LogP contribution in [0.3, 0.4) is 0 Å². The summed E-state index contributed by atoms with van der Waals surface area (Å²) in [4.78, 5) is 26.0. The van der Waals surface area contributed by atoms with Crippen molar-refractivity contribution in [1.29, 1.82) is 0 Å². The third-order valence-electron chi connectivity index (χ3n) is 2.44. The molecule has 0 aromatic carbocycles. The van der Waals surface area contributed by atoms with Gasteiger partial charge in [0.05, 0.1) is 13.1 Å². The zero-order chi connectivity index (χ0) is 14.0. The number of anilines is 1. The minimum Gasteiger partial charge on any atom is -0.307 e. The minimum atomic E-state index is -4.02. The summed E-state index contributed by atoms with van der Waals surface area (Å²) in [5, 5.41) is 2.02. The molecule has 0 spiro atoms. The Hall–Kier alpha value is -2.04. The fraction of sp³-hybridized carbons (Fsp3) is 0.222. The van der Waals surface area contributed by atoms with Crippen LogP contribution in [0.2, 0.25) is 0 Å². The van der Waals surface area contributed by atoms with Gasteiger partial charge >= 0.3 is 0 Å². The average Bonchev–Trinajstić information content (AvgIpc) is 2.37. The van der Waals surface area contributed by atoms with Crippen LogP contribution in [0.1, 0.15) is 0 Å². The second kappa shape index (κ2) is 4.91. The first-order chi connectivity index (χ1) is 8.95. The first-order valence-corrected chi connectivity index (χ1v) is 6.63. The molecule has 2 rings (SSSR count). The zero-order valence-electron chi connectivity index (χ0n) is 9.66. The summed E-state index contributed by atoms with van der Waals surface area (Å²) in [6.45, 7) is -0.847. The van der Waals surface area contributed by atoms with Crippen molar-refractivity contribution in [1.82, 2.24) is 14.6 Å². The molecule has 4 N–H and O–H groups in total. The van der Waals surface area contributed by atoms with Crippen LogP contribution in [0.25, 0.3) is 0 Å². The van der Waals surface area contributed by atoms with Gasteiger partial charge in [-0.1, -0.05) is 0 Å². The van der Waals surface area contributed by atoms with Gasteiger partial charge in [0.2, 0.25) is 21.8 Å². The average molecular weight is 285 g/mol. The molecule has 0 atom stereocenters. The number of nitrogen functional groups attached to an aromatic ring is 1. The number of nitrogens with one attached hydrogen (secondary N) is 2. The maximum absolute atomic E-state index is 12.3. The van der Waals surface area contributed by atoms with Gasteiger partial charge < -0.3 is 5.43 Å². The maximum atomic E-state index is 12.3. The quantitative estimate of drug-likeness (QED) is 0.332. The van der Waals surface area contributed by atoms with Crippen molar-refractivity contribution in [2.75, 3.05) is 18.5 Å². The van der Waals surface area contributed by atoms with Crippen molar-refractivity contribution in [2.45, 2.75) is 4.90 Å². The SMILES string of the molecule is NNc1ncccc1S(=O)(=O)N1CC(=O)NC(=O)C1. The van der Waals surface area contributed by atoms with Crippen LogP contribution in [0.15, 0.2) is 23.2 Å². The maximum Gasteiger partial charge on any atom is 0.247 e. The van der Waals surface area contributed by atoms with Gasteiger partial charge in [-0.3, -0.25) is 14.9 Å². The molecule has 0 radical (unpaired) electrons. The fourth-order valence-corrected chi connectivity index (χ4v) is 3.09. The highest BCUT2D eigenvalue weighted by Crippen LogP contribution is 2.22. The molecule has 0 unspecified atom stereocenters. The van der Waals surface area contributed by atoms with Gasteiger partial charge in [-0.2, -0.15) is 4.31 Å². The minimum absolute atomic E-state index is 0.0547. The Kier molecular flexibility index (Phi) is 3.46. The Morgan fingerprint density at radius 3 is 2.53 bits per heavy atom. The number of aromatic nitrogens is 1. The standard InChI is InChI=1S/C9H11N5O4S/c10-13-9-6(2-1-3-11-9)19(17,18)14-4-7(15)12-8(16)5-14/h1-3H,4-5,10H2,(H,11,13)(H,12,15,16). The van der Waals surface area contributed by atoms with Crippen molar-refractivity contribution in [3.05, 3.63) is 18.3 Å². The van der Waals surface area contributed by atoms with E-state index in [-0.39, 0.29) is 10.7 Å². The zero-order valence-corrected chi connectivity index (χ0v) is 10.5. The molecule has 0 aliphatic carbocycles. The van der Waals surface area contributed by atoms with E-state index >= 15 is 0 Å². The molecule has 2 heterocycles. The molecule has 1 aromatic heterocycles. The molecule has 1 fully saturated rings. The molecule has 1 aliphatic rings. The second-order valence-electron chi connectivity index (χ2n) is 3.74. The molecule has 0 saturated carbocycles. The Balaban J connectivity index is 2.42. The third-order valence-corrected chi connectivity index (χ3v) is 4.27. The Morgan fingerprint density at radius 1 is 1.32 bits per heavy atom. The van der Waals surface area contributed by atoms with Crippen molar-refractivity contribution in [2.24, 2.45) is 5.84 Å². The van der Waals surface area contributed by atoms with E-state index in [1.807, 2.05) is 5.32 Å². The fourth-order valence-electron chi connectivity index (χ4n) is 1.63. The number of sulfonamides is 1. The Bertz CT molecular complexity index is 613. The topological polar surface area (TPSA) is 134 Å². The van der Waals surface area contributed by atoms with E-state index in [1.165, 1.54) is 18.3 Å². The number of imide groups is 1. The number of rotatable bonds is 3. The van der Waals surface area contributed by atoms with Gasteiger partial charge in [-0.25, -0.2) is 19.2 Å². The highest BCUT2D eigenvalue weighted by Gasteiger charge is 2.34. The number of hydrazine groups is 1. The molecule has 2 amide bonds. The van der Waals surface area contributed by atoms with E-state index < -0.39 is 34.9 Å². The van der Waals surface area contributed by atoms with Gasteiger partial charge in [0.1, 0.15) is 4.90 Å². The largest absolute Gasteiger partial charge is 0.307 e. The van der Waals surface area contributed by atoms with Gasteiger partial charge in [0, 0.05) is 6.20 Å². The van der Waals surface area contributed by atoms with E-state index in [9.17, 15) is 18.0 Å². The molecule has 19 heavy (non-hydrogen) atoms.